The summed E-state index contributed by atoms with van der Waals surface area (Å²) in [7, 11) is 0. The SMILES string of the molecule is CC1(C)c2ccccc2-c2ccc3c(c21)c1ccccc1n3-c1nc(-c2ccc(-c3ccccc3)cc2)cc(-c2cccc3c2oc2ccccc23)n1. The number of para-hydroxylation sites is 3. The maximum Gasteiger partial charge on any atom is 0.235 e. The highest BCUT2D eigenvalue weighted by Crippen LogP contribution is 2.53. The number of benzene rings is 7. The van der Waals surface area contributed by atoms with Gasteiger partial charge in [0.05, 0.1) is 22.4 Å². The molecule has 53 heavy (non-hydrogen) atoms. The van der Waals surface area contributed by atoms with E-state index in [4.69, 9.17) is 14.4 Å². The van der Waals surface area contributed by atoms with E-state index in [2.05, 4.69) is 164 Å². The van der Waals surface area contributed by atoms with Gasteiger partial charge in [-0.05, 0) is 63.7 Å². The van der Waals surface area contributed by atoms with Crippen LogP contribution in [0.1, 0.15) is 25.0 Å². The van der Waals surface area contributed by atoms with Gasteiger partial charge in [0.2, 0.25) is 5.95 Å². The molecule has 7 aromatic carbocycles. The van der Waals surface area contributed by atoms with Crippen molar-refractivity contribution in [1.82, 2.24) is 14.5 Å². The second kappa shape index (κ2) is 11.1. The third kappa shape index (κ3) is 4.36. The molecule has 0 saturated carbocycles. The molecule has 4 heteroatoms. The molecule has 10 aromatic rings. The largest absolute Gasteiger partial charge is 0.455 e. The van der Waals surface area contributed by atoms with Crippen LogP contribution < -0.4 is 0 Å². The van der Waals surface area contributed by atoms with Gasteiger partial charge >= 0.3 is 0 Å². The molecule has 0 saturated heterocycles. The number of aromatic nitrogens is 3. The molecule has 11 rings (SSSR count). The lowest BCUT2D eigenvalue weighted by Crippen LogP contribution is -2.15. The average Bonchev–Trinajstić information content (AvgIpc) is 3.84. The van der Waals surface area contributed by atoms with E-state index in [-0.39, 0.29) is 5.41 Å². The van der Waals surface area contributed by atoms with Crippen LogP contribution in [0.4, 0.5) is 0 Å². The van der Waals surface area contributed by atoms with Gasteiger partial charge in [-0.3, -0.25) is 4.57 Å². The topological polar surface area (TPSA) is 43.9 Å². The molecular formula is C49H33N3O. The fraction of sp³-hybridized carbons (Fsp3) is 0.0612. The second-order valence-corrected chi connectivity index (χ2v) is 14.6. The molecule has 0 fully saturated rings. The smallest absolute Gasteiger partial charge is 0.235 e. The average molecular weight is 680 g/mol. The Balaban J connectivity index is 1.19. The van der Waals surface area contributed by atoms with Gasteiger partial charge in [-0.15, -0.1) is 0 Å². The van der Waals surface area contributed by atoms with Gasteiger partial charge in [0.15, 0.2) is 0 Å². The van der Waals surface area contributed by atoms with Crippen LogP contribution in [-0.2, 0) is 5.41 Å². The minimum Gasteiger partial charge on any atom is -0.455 e. The summed E-state index contributed by atoms with van der Waals surface area (Å²) in [5.74, 6) is 0.622. The van der Waals surface area contributed by atoms with Crippen LogP contribution in [0.3, 0.4) is 0 Å². The molecule has 1 aliphatic rings. The Morgan fingerprint density at radius 3 is 2.02 bits per heavy atom. The lowest BCUT2D eigenvalue weighted by Gasteiger charge is -2.22. The van der Waals surface area contributed by atoms with Crippen molar-refractivity contribution in [2.75, 3.05) is 0 Å². The first-order chi connectivity index (χ1) is 26.0. The minimum atomic E-state index is -0.175. The van der Waals surface area contributed by atoms with E-state index in [1.807, 2.05) is 18.2 Å². The van der Waals surface area contributed by atoms with E-state index in [0.29, 0.717) is 5.95 Å². The molecule has 3 heterocycles. The van der Waals surface area contributed by atoms with Crippen LogP contribution in [0, 0.1) is 0 Å². The van der Waals surface area contributed by atoms with Gasteiger partial charge in [-0.25, -0.2) is 9.97 Å². The molecule has 0 atom stereocenters. The molecule has 3 aromatic heterocycles. The summed E-state index contributed by atoms with van der Waals surface area (Å²) in [6, 6.07) is 57.9. The zero-order valence-corrected chi connectivity index (χ0v) is 29.3. The number of hydrogen-bond donors (Lipinski definition) is 0. The molecule has 0 N–H and O–H groups in total. The van der Waals surface area contributed by atoms with Crippen molar-refractivity contribution in [3.05, 3.63) is 175 Å². The summed E-state index contributed by atoms with van der Waals surface area (Å²) in [6.07, 6.45) is 0. The normalized spacial score (nSPS) is 13.2. The van der Waals surface area contributed by atoms with Crippen molar-refractivity contribution < 1.29 is 4.42 Å². The summed E-state index contributed by atoms with van der Waals surface area (Å²) < 4.78 is 8.81. The Morgan fingerprint density at radius 1 is 0.491 bits per heavy atom. The Kier molecular flexibility index (Phi) is 6.27. The van der Waals surface area contributed by atoms with Crippen molar-refractivity contribution in [2.24, 2.45) is 0 Å². The van der Waals surface area contributed by atoms with Crippen LogP contribution >= 0.6 is 0 Å². The van der Waals surface area contributed by atoms with E-state index in [1.54, 1.807) is 0 Å². The van der Waals surface area contributed by atoms with Crippen LogP contribution in [-0.4, -0.2) is 14.5 Å². The quantitative estimate of drug-likeness (QED) is 0.186. The maximum atomic E-state index is 6.56. The number of furan rings is 1. The minimum absolute atomic E-state index is 0.175. The van der Waals surface area contributed by atoms with E-state index in [0.717, 1.165) is 61.1 Å². The number of hydrogen-bond acceptors (Lipinski definition) is 3. The number of rotatable bonds is 4. The summed E-state index contributed by atoms with van der Waals surface area (Å²) in [5, 5.41) is 4.61. The van der Waals surface area contributed by atoms with E-state index in [1.165, 1.54) is 38.6 Å². The summed E-state index contributed by atoms with van der Waals surface area (Å²) in [6.45, 7) is 4.71. The van der Waals surface area contributed by atoms with Crippen molar-refractivity contribution in [3.63, 3.8) is 0 Å². The Hall–Kier alpha value is -6.78. The van der Waals surface area contributed by atoms with Crippen molar-refractivity contribution in [3.8, 4) is 50.7 Å². The lowest BCUT2D eigenvalue weighted by atomic mass is 9.80. The fourth-order valence-electron chi connectivity index (χ4n) is 8.78. The van der Waals surface area contributed by atoms with Gasteiger partial charge in [-0.2, -0.15) is 0 Å². The summed E-state index contributed by atoms with van der Waals surface area (Å²) in [4.78, 5) is 10.8. The first-order valence-corrected chi connectivity index (χ1v) is 18.2. The third-order valence-electron chi connectivity index (χ3n) is 11.2. The molecule has 0 amide bonds. The summed E-state index contributed by atoms with van der Waals surface area (Å²) >= 11 is 0. The first-order valence-electron chi connectivity index (χ1n) is 18.2. The zero-order chi connectivity index (χ0) is 35.3. The molecule has 0 bridgehead atoms. The van der Waals surface area contributed by atoms with Crippen LogP contribution in [0.25, 0.3) is 94.5 Å². The number of fused-ring (bicyclic) bond motifs is 10. The lowest BCUT2D eigenvalue weighted by molar-refractivity contribution is 0.666. The van der Waals surface area contributed by atoms with Gasteiger partial charge in [-0.1, -0.05) is 147 Å². The first kappa shape index (κ1) is 29.9. The molecular weight excluding hydrogens is 647 g/mol. The van der Waals surface area contributed by atoms with E-state index < -0.39 is 0 Å². The molecule has 4 nitrogen and oxygen atoms in total. The second-order valence-electron chi connectivity index (χ2n) is 14.6. The van der Waals surface area contributed by atoms with Gasteiger partial charge in [0, 0.05) is 38.1 Å². The van der Waals surface area contributed by atoms with E-state index >= 15 is 0 Å². The number of nitrogens with zero attached hydrogens (tertiary/aromatic N) is 3. The van der Waals surface area contributed by atoms with Gasteiger partial charge < -0.3 is 4.42 Å². The molecule has 250 valence electrons. The van der Waals surface area contributed by atoms with Crippen LogP contribution in [0.2, 0.25) is 0 Å². The Morgan fingerprint density at radius 2 is 1.15 bits per heavy atom. The molecule has 0 spiro atoms. The fourth-order valence-corrected chi connectivity index (χ4v) is 8.78. The van der Waals surface area contributed by atoms with Gasteiger partial charge in [0.1, 0.15) is 11.2 Å². The van der Waals surface area contributed by atoms with Crippen molar-refractivity contribution in [1.29, 1.82) is 0 Å². The third-order valence-corrected chi connectivity index (χ3v) is 11.2. The zero-order valence-electron chi connectivity index (χ0n) is 29.3. The predicted molar refractivity (Wildman–Crippen MR) is 218 cm³/mol. The Bertz CT molecular complexity index is 3080. The summed E-state index contributed by atoms with van der Waals surface area (Å²) in [5.41, 5.74) is 14.9. The predicted octanol–water partition coefficient (Wildman–Crippen LogP) is 12.8. The molecule has 0 unspecified atom stereocenters. The standard InChI is InChI=1S/C49H33N3O/c1-49(2)39-20-9-6-15-33(39)35-27-28-43-45(46(35)49)38-17-7-10-21-42(38)52(43)48-50-40(32-25-23-31(24-26-32)30-13-4-3-5-14-30)29-41(51-48)37-19-12-18-36-34-16-8-11-22-44(34)53-47(36)37/h3-29H,1-2H3. The van der Waals surface area contributed by atoms with E-state index in [9.17, 15) is 0 Å². The van der Waals surface area contributed by atoms with Gasteiger partial charge in [0.25, 0.3) is 0 Å². The van der Waals surface area contributed by atoms with Crippen molar-refractivity contribution in [2.45, 2.75) is 19.3 Å². The highest BCUT2D eigenvalue weighted by Gasteiger charge is 2.38. The highest BCUT2D eigenvalue weighted by molar-refractivity contribution is 6.14. The maximum absolute atomic E-state index is 6.56. The molecule has 0 aliphatic heterocycles. The monoisotopic (exact) mass is 679 g/mol. The van der Waals surface area contributed by atoms with Crippen LogP contribution in [0.15, 0.2) is 168 Å². The highest BCUT2D eigenvalue weighted by atomic mass is 16.3. The van der Waals surface area contributed by atoms with Crippen molar-refractivity contribution >= 4 is 43.7 Å². The molecule has 0 radical (unpaired) electrons. The Labute approximate surface area is 306 Å². The molecule has 1 aliphatic carbocycles. The van der Waals surface area contributed by atoms with Crippen LogP contribution in [0.5, 0.6) is 0 Å².